The highest BCUT2D eigenvalue weighted by Crippen LogP contribution is 2.13. The van der Waals surface area contributed by atoms with Gasteiger partial charge in [-0.15, -0.1) is 0 Å². The highest BCUT2D eigenvalue weighted by Gasteiger charge is 2.32. The van der Waals surface area contributed by atoms with Crippen LogP contribution < -0.4 is 16.0 Å². The Morgan fingerprint density at radius 3 is 2.52 bits per heavy atom. The molecule has 1 aliphatic heterocycles. The van der Waals surface area contributed by atoms with E-state index >= 15 is 0 Å². The Hall–Kier alpha value is -2.16. The van der Waals surface area contributed by atoms with Crippen molar-refractivity contribution in [3.05, 3.63) is 0 Å². The van der Waals surface area contributed by atoms with Gasteiger partial charge in [0.15, 0.2) is 0 Å². The van der Waals surface area contributed by atoms with Crippen LogP contribution in [0.25, 0.3) is 0 Å². The largest absolute Gasteiger partial charge is 0.449 e. The summed E-state index contributed by atoms with van der Waals surface area (Å²) >= 11 is 0. The van der Waals surface area contributed by atoms with Crippen LogP contribution in [-0.2, 0) is 23.9 Å². The van der Waals surface area contributed by atoms with Crippen LogP contribution in [0.15, 0.2) is 0 Å². The Morgan fingerprint density at radius 1 is 1.26 bits per heavy atom. The predicted molar refractivity (Wildman–Crippen MR) is 97.9 cm³/mol. The summed E-state index contributed by atoms with van der Waals surface area (Å²) < 4.78 is 10.4. The van der Waals surface area contributed by atoms with Crippen LogP contribution in [0.2, 0.25) is 0 Å². The van der Waals surface area contributed by atoms with Crippen molar-refractivity contribution in [2.24, 2.45) is 11.3 Å². The van der Waals surface area contributed by atoms with Crippen molar-refractivity contribution >= 4 is 23.7 Å². The third kappa shape index (κ3) is 8.38. The molecule has 9 heteroatoms. The van der Waals surface area contributed by atoms with Gasteiger partial charge < -0.3 is 25.4 Å². The van der Waals surface area contributed by atoms with Gasteiger partial charge in [0.2, 0.25) is 11.7 Å². The lowest BCUT2D eigenvalue weighted by Crippen LogP contribution is -2.55. The van der Waals surface area contributed by atoms with E-state index in [4.69, 9.17) is 9.47 Å². The Kier molecular flexibility index (Phi) is 8.68. The molecule has 0 bridgehead atoms. The molecular weight excluding hydrogens is 354 g/mol. The minimum Gasteiger partial charge on any atom is -0.449 e. The fraction of sp³-hybridized carbons (Fsp3) is 0.778. The van der Waals surface area contributed by atoms with Gasteiger partial charge in [-0.3, -0.25) is 14.4 Å². The highest BCUT2D eigenvalue weighted by atomic mass is 16.5. The van der Waals surface area contributed by atoms with E-state index in [9.17, 15) is 19.2 Å². The van der Waals surface area contributed by atoms with Gasteiger partial charge in [-0.25, -0.2) is 4.79 Å². The van der Waals surface area contributed by atoms with Gasteiger partial charge in [-0.05, 0) is 17.8 Å². The molecule has 0 aromatic rings. The number of ketones is 1. The summed E-state index contributed by atoms with van der Waals surface area (Å²) in [6.07, 6.45) is -0.530. The third-order valence-electron chi connectivity index (χ3n) is 3.80. The highest BCUT2D eigenvalue weighted by molar-refractivity contribution is 6.38. The smallest absolute Gasteiger partial charge is 0.407 e. The molecule has 0 saturated carbocycles. The number of hydrogen-bond donors (Lipinski definition) is 3. The number of rotatable bonds is 5. The van der Waals surface area contributed by atoms with Gasteiger partial charge in [0.05, 0.1) is 19.3 Å². The zero-order valence-corrected chi connectivity index (χ0v) is 16.7. The predicted octanol–water partition coefficient (Wildman–Crippen LogP) is 0.374. The topological polar surface area (TPSA) is 123 Å². The summed E-state index contributed by atoms with van der Waals surface area (Å²) in [6, 6.07) is -1.91. The Morgan fingerprint density at radius 2 is 1.93 bits per heavy atom. The average molecular weight is 385 g/mol. The first-order valence-corrected chi connectivity index (χ1v) is 9.14. The molecule has 1 saturated heterocycles. The van der Waals surface area contributed by atoms with Crippen LogP contribution >= 0.6 is 0 Å². The maximum atomic E-state index is 12.6. The van der Waals surface area contributed by atoms with Crippen molar-refractivity contribution in [3.63, 3.8) is 0 Å². The molecule has 1 fully saturated rings. The van der Waals surface area contributed by atoms with E-state index in [1.165, 1.54) is 0 Å². The molecule has 9 nitrogen and oxygen atoms in total. The molecule has 3 N–H and O–H groups in total. The third-order valence-corrected chi connectivity index (χ3v) is 3.80. The fourth-order valence-corrected chi connectivity index (χ4v) is 2.30. The van der Waals surface area contributed by atoms with Crippen molar-refractivity contribution in [2.45, 2.75) is 53.1 Å². The Balaban J connectivity index is 2.73. The van der Waals surface area contributed by atoms with Gasteiger partial charge in [0.1, 0.15) is 6.04 Å². The first-order chi connectivity index (χ1) is 12.5. The molecule has 0 spiro atoms. The van der Waals surface area contributed by atoms with E-state index in [0.717, 1.165) is 0 Å². The Bertz CT molecular complexity index is 556. The number of alkyl carbamates (subject to hydrolysis) is 1. The molecule has 0 radical (unpaired) electrons. The lowest BCUT2D eigenvalue weighted by molar-refractivity contribution is -0.140. The lowest BCUT2D eigenvalue weighted by atomic mass is 9.99. The molecule has 1 rings (SSSR count). The van der Waals surface area contributed by atoms with Crippen molar-refractivity contribution < 1.29 is 28.7 Å². The minimum absolute atomic E-state index is 0.178. The van der Waals surface area contributed by atoms with Gasteiger partial charge in [0, 0.05) is 13.2 Å². The molecule has 154 valence electrons. The van der Waals surface area contributed by atoms with E-state index in [0.29, 0.717) is 6.61 Å². The first kappa shape index (κ1) is 22.9. The van der Waals surface area contributed by atoms with E-state index in [-0.39, 0.29) is 37.5 Å². The van der Waals surface area contributed by atoms with Gasteiger partial charge >= 0.3 is 6.09 Å². The number of ether oxygens (including phenoxy) is 2. The van der Waals surface area contributed by atoms with E-state index in [2.05, 4.69) is 16.0 Å². The van der Waals surface area contributed by atoms with Crippen molar-refractivity contribution in [2.75, 3.05) is 26.4 Å². The van der Waals surface area contributed by atoms with Crippen molar-refractivity contribution in [1.29, 1.82) is 0 Å². The second-order valence-corrected chi connectivity index (χ2v) is 8.09. The summed E-state index contributed by atoms with van der Waals surface area (Å²) in [5.41, 5.74) is -0.204. The molecule has 27 heavy (non-hydrogen) atoms. The summed E-state index contributed by atoms with van der Waals surface area (Å²) in [7, 11) is 0. The van der Waals surface area contributed by atoms with Gasteiger partial charge in [-0.1, -0.05) is 34.6 Å². The van der Waals surface area contributed by atoms with Crippen LogP contribution in [0.4, 0.5) is 4.79 Å². The van der Waals surface area contributed by atoms with Gasteiger partial charge in [0.25, 0.3) is 5.91 Å². The first-order valence-electron chi connectivity index (χ1n) is 9.14. The minimum atomic E-state index is -1.01. The molecule has 2 atom stereocenters. The molecular formula is C18H31N3O6. The van der Waals surface area contributed by atoms with Crippen LogP contribution in [0.3, 0.4) is 0 Å². The summed E-state index contributed by atoms with van der Waals surface area (Å²) in [5, 5.41) is 7.52. The zero-order chi connectivity index (χ0) is 20.6. The quantitative estimate of drug-likeness (QED) is 0.588. The molecule has 2 unspecified atom stereocenters. The van der Waals surface area contributed by atoms with E-state index in [1.54, 1.807) is 13.8 Å². The van der Waals surface area contributed by atoms with E-state index < -0.39 is 35.8 Å². The van der Waals surface area contributed by atoms with Crippen LogP contribution in [0, 0.1) is 11.3 Å². The van der Waals surface area contributed by atoms with Gasteiger partial charge in [-0.2, -0.15) is 0 Å². The summed E-state index contributed by atoms with van der Waals surface area (Å²) in [6.45, 7) is 10.2. The number of nitrogens with one attached hydrogen (secondary N) is 3. The second kappa shape index (κ2) is 10.2. The SMILES string of the molecule is CC(C)C(NC(=O)OCC(C)(C)C)C(=O)NC1CCOCCNC(=O)C1=O. The van der Waals surface area contributed by atoms with Crippen LogP contribution in [-0.4, -0.2) is 62.1 Å². The summed E-state index contributed by atoms with van der Waals surface area (Å²) in [4.78, 5) is 48.7. The number of hydrogen-bond acceptors (Lipinski definition) is 6. The van der Waals surface area contributed by atoms with Crippen molar-refractivity contribution in [3.8, 4) is 0 Å². The maximum Gasteiger partial charge on any atom is 0.407 e. The van der Waals surface area contributed by atoms with Crippen molar-refractivity contribution in [1.82, 2.24) is 16.0 Å². The summed E-state index contributed by atoms with van der Waals surface area (Å²) in [5.74, 6) is -2.29. The molecule has 3 amide bonds. The normalized spacial score (nSPS) is 20.0. The van der Waals surface area contributed by atoms with Crippen LogP contribution in [0.5, 0.6) is 0 Å². The molecule has 0 aliphatic carbocycles. The number of Topliss-reactive ketones (excluding diaryl/α,β-unsaturated/α-hetero) is 1. The number of amides is 3. The van der Waals surface area contributed by atoms with E-state index in [1.807, 2.05) is 20.8 Å². The standard InChI is InChI=1S/C18H31N3O6/c1-11(2)13(21-17(25)27-10-18(3,4)5)15(23)20-12-6-8-26-9-7-19-16(24)14(12)22/h11-13H,6-10H2,1-5H3,(H,19,24)(H,20,23)(H,21,25). The molecule has 0 aromatic carbocycles. The number of carbonyl (C=O) groups excluding carboxylic acids is 4. The maximum absolute atomic E-state index is 12.6. The Labute approximate surface area is 159 Å². The molecule has 0 aromatic heterocycles. The lowest BCUT2D eigenvalue weighted by Gasteiger charge is -2.25. The average Bonchev–Trinajstić information content (AvgIpc) is 2.63. The molecule has 1 aliphatic rings. The van der Waals surface area contributed by atoms with Crippen LogP contribution in [0.1, 0.15) is 41.0 Å². The number of carbonyl (C=O) groups is 4. The second-order valence-electron chi connectivity index (χ2n) is 8.09. The molecule has 1 heterocycles. The monoisotopic (exact) mass is 385 g/mol. The zero-order valence-electron chi connectivity index (χ0n) is 16.7. The fourth-order valence-electron chi connectivity index (χ4n) is 2.30.